The molecule has 0 atom stereocenters. The van der Waals surface area contributed by atoms with Gasteiger partial charge < -0.3 is 10.2 Å². The van der Waals surface area contributed by atoms with Crippen LogP contribution in [0, 0.1) is 6.92 Å². The van der Waals surface area contributed by atoms with E-state index in [1.54, 1.807) is 17.1 Å². The Morgan fingerprint density at radius 1 is 1.35 bits per heavy atom. The standard InChI is InChI=1S/C13H13N3O/c1-8-7-17-12-4-3-9(5-10(8)12)11-6-15-16(2)13(11)14/h3-7H,14H2,1-2H3. The van der Waals surface area contributed by atoms with Crippen LogP contribution in [0.15, 0.2) is 35.1 Å². The molecule has 2 N–H and O–H groups in total. The first-order valence-corrected chi connectivity index (χ1v) is 5.42. The van der Waals surface area contributed by atoms with E-state index in [0.717, 1.165) is 27.7 Å². The third-order valence-electron chi connectivity index (χ3n) is 3.06. The van der Waals surface area contributed by atoms with Gasteiger partial charge in [-0.1, -0.05) is 6.07 Å². The number of nitrogens with zero attached hydrogens (tertiary/aromatic N) is 2. The molecular weight excluding hydrogens is 214 g/mol. The smallest absolute Gasteiger partial charge is 0.134 e. The van der Waals surface area contributed by atoms with E-state index >= 15 is 0 Å². The predicted molar refractivity (Wildman–Crippen MR) is 67.6 cm³/mol. The fourth-order valence-electron chi connectivity index (χ4n) is 1.99. The molecule has 0 spiro atoms. The van der Waals surface area contributed by atoms with Gasteiger partial charge in [-0.2, -0.15) is 5.10 Å². The van der Waals surface area contributed by atoms with Crippen molar-refractivity contribution in [3.63, 3.8) is 0 Å². The quantitative estimate of drug-likeness (QED) is 0.695. The van der Waals surface area contributed by atoms with Crippen LogP contribution in [0.2, 0.25) is 0 Å². The van der Waals surface area contributed by atoms with E-state index in [2.05, 4.69) is 11.2 Å². The average molecular weight is 227 g/mol. The molecule has 4 heteroatoms. The van der Waals surface area contributed by atoms with E-state index < -0.39 is 0 Å². The number of aryl methyl sites for hydroxylation is 2. The zero-order chi connectivity index (χ0) is 12.0. The van der Waals surface area contributed by atoms with Gasteiger partial charge in [0.15, 0.2) is 0 Å². The monoisotopic (exact) mass is 227 g/mol. The average Bonchev–Trinajstić information content (AvgIpc) is 2.85. The van der Waals surface area contributed by atoms with E-state index in [9.17, 15) is 0 Å². The maximum Gasteiger partial charge on any atom is 0.134 e. The Morgan fingerprint density at radius 2 is 2.18 bits per heavy atom. The van der Waals surface area contributed by atoms with Gasteiger partial charge in [-0.3, -0.25) is 4.68 Å². The molecule has 0 aliphatic rings. The van der Waals surface area contributed by atoms with Crippen molar-refractivity contribution in [2.45, 2.75) is 6.92 Å². The molecular formula is C13H13N3O. The van der Waals surface area contributed by atoms with Gasteiger partial charge in [0.2, 0.25) is 0 Å². The molecule has 86 valence electrons. The van der Waals surface area contributed by atoms with Crippen LogP contribution in [0.3, 0.4) is 0 Å². The highest BCUT2D eigenvalue weighted by Gasteiger charge is 2.09. The molecule has 0 aliphatic heterocycles. The first-order chi connectivity index (χ1) is 8.16. The third-order valence-corrected chi connectivity index (χ3v) is 3.06. The van der Waals surface area contributed by atoms with E-state index in [4.69, 9.17) is 10.2 Å². The normalized spacial score (nSPS) is 11.2. The Hall–Kier alpha value is -2.23. The Morgan fingerprint density at radius 3 is 2.88 bits per heavy atom. The molecule has 0 amide bonds. The molecule has 0 fully saturated rings. The molecule has 0 radical (unpaired) electrons. The number of aromatic nitrogens is 2. The van der Waals surface area contributed by atoms with Crippen LogP contribution in [-0.4, -0.2) is 9.78 Å². The van der Waals surface area contributed by atoms with Crippen molar-refractivity contribution in [1.29, 1.82) is 0 Å². The number of furan rings is 1. The van der Waals surface area contributed by atoms with E-state index in [1.807, 2.05) is 26.1 Å². The Balaban J connectivity index is 2.24. The van der Waals surface area contributed by atoms with Crippen LogP contribution in [0.4, 0.5) is 5.82 Å². The summed E-state index contributed by atoms with van der Waals surface area (Å²) in [6.45, 7) is 2.03. The highest BCUT2D eigenvalue weighted by molar-refractivity contribution is 5.87. The number of anilines is 1. The number of nitrogens with two attached hydrogens (primary N) is 1. The summed E-state index contributed by atoms with van der Waals surface area (Å²) < 4.78 is 7.09. The van der Waals surface area contributed by atoms with E-state index in [1.165, 1.54) is 0 Å². The first kappa shape index (κ1) is 9.96. The minimum atomic E-state index is 0.672. The van der Waals surface area contributed by atoms with Crippen molar-refractivity contribution in [3.05, 3.63) is 36.2 Å². The molecule has 0 aliphatic carbocycles. The van der Waals surface area contributed by atoms with Gasteiger partial charge in [-0.05, 0) is 30.2 Å². The van der Waals surface area contributed by atoms with Crippen LogP contribution in [0.25, 0.3) is 22.1 Å². The lowest BCUT2D eigenvalue weighted by molar-refractivity contribution is 0.613. The lowest BCUT2D eigenvalue weighted by atomic mass is 10.1. The summed E-state index contributed by atoms with van der Waals surface area (Å²) in [5.41, 5.74) is 10.0. The van der Waals surface area contributed by atoms with Gasteiger partial charge in [0.05, 0.1) is 12.5 Å². The molecule has 0 saturated carbocycles. The zero-order valence-corrected chi connectivity index (χ0v) is 9.77. The van der Waals surface area contributed by atoms with Crippen molar-refractivity contribution in [1.82, 2.24) is 9.78 Å². The Labute approximate surface area is 98.6 Å². The lowest BCUT2D eigenvalue weighted by Gasteiger charge is -2.01. The summed E-state index contributed by atoms with van der Waals surface area (Å²) in [7, 11) is 1.83. The van der Waals surface area contributed by atoms with Gasteiger partial charge in [-0.15, -0.1) is 0 Å². The fourth-order valence-corrected chi connectivity index (χ4v) is 1.99. The lowest BCUT2D eigenvalue weighted by Crippen LogP contribution is -1.97. The van der Waals surface area contributed by atoms with Gasteiger partial charge in [0.1, 0.15) is 11.4 Å². The molecule has 0 saturated heterocycles. The maximum absolute atomic E-state index is 5.97. The van der Waals surface area contributed by atoms with E-state index in [-0.39, 0.29) is 0 Å². The summed E-state index contributed by atoms with van der Waals surface area (Å²) in [5.74, 6) is 0.672. The van der Waals surface area contributed by atoms with E-state index in [0.29, 0.717) is 5.82 Å². The number of hydrogen-bond acceptors (Lipinski definition) is 3. The summed E-state index contributed by atoms with van der Waals surface area (Å²) in [6, 6.07) is 6.05. The molecule has 2 heterocycles. The summed E-state index contributed by atoms with van der Waals surface area (Å²) >= 11 is 0. The largest absolute Gasteiger partial charge is 0.464 e. The highest BCUT2D eigenvalue weighted by Crippen LogP contribution is 2.30. The molecule has 0 bridgehead atoms. The van der Waals surface area contributed by atoms with Gasteiger partial charge in [0.25, 0.3) is 0 Å². The molecule has 2 aromatic heterocycles. The SMILES string of the molecule is Cc1coc2ccc(-c3cnn(C)c3N)cc12. The third kappa shape index (κ3) is 1.41. The molecule has 0 unspecified atom stereocenters. The molecule has 1 aromatic carbocycles. The highest BCUT2D eigenvalue weighted by atomic mass is 16.3. The molecule has 17 heavy (non-hydrogen) atoms. The summed E-state index contributed by atoms with van der Waals surface area (Å²) in [6.07, 6.45) is 3.55. The van der Waals surface area contributed by atoms with Crippen LogP contribution in [0.5, 0.6) is 0 Å². The number of fused-ring (bicyclic) bond motifs is 1. The van der Waals surface area contributed by atoms with Crippen LogP contribution < -0.4 is 5.73 Å². The minimum absolute atomic E-state index is 0.672. The minimum Gasteiger partial charge on any atom is -0.464 e. The molecule has 3 rings (SSSR count). The van der Waals surface area contributed by atoms with Crippen molar-refractivity contribution < 1.29 is 4.42 Å². The second-order valence-electron chi connectivity index (χ2n) is 4.20. The predicted octanol–water partition coefficient (Wildman–Crippen LogP) is 2.72. The van der Waals surface area contributed by atoms with Crippen LogP contribution in [0.1, 0.15) is 5.56 Å². The van der Waals surface area contributed by atoms with Gasteiger partial charge in [0, 0.05) is 18.0 Å². The first-order valence-electron chi connectivity index (χ1n) is 5.42. The summed E-state index contributed by atoms with van der Waals surface area (Å²) in [5, 5.41) is 5.27. The molecule has 4 nitrogen and oxygen atoms in total. The number of nitrogen functional groups attached to an aromatic ring is 1. The van der Waals surface area contributed by atoms with Crippen molar-refractivity contribution >= 4 is 16.8 Å². The van der Waals surface area contributed by atoms with Crippen molar-refractivity contribution in [2.24, 2.45) is 7.05 Å². The maximum atomic E-state index is 5.97. The number of benzene rings is 1. The van der Waals surface area contributed by atoms with Crippen LogP contribution in [-0.2, 0) is 7.05 Å². The zero-order valence-electron chi connectivity index (χ0n) is 9.77. The van der Waals surface area contributed by atoms with Gasteiger partial charge in [-0.25, -0.2) is 0 Å². The Kier molecular flexibility index (Phi) is 1.98. The van der Waals surface area contributed by atoms with Gasteiger partial charge >= 0.3 is 0 Å². The fraction of sp³-hybridized carbons (Fsp3) is 0.154. The summed E-state index contributed by atoms with van der Waals surface area (Å²) in [4.78, 5) is 0. The molecule has 3 aromatic rings. The second-order valence-corrected chi connectivity index (χ2v) is 4.20. The van der Waals surface area contributed by atoms with Crippen molar-refractivity contribution in [3.8, 4) is 11.1 Å². The number of hydrogen-bond donors (Lipinski definition) is 1. The van der Waals surface area contributed by atoms with Crippen LogP contribution >= 0.6 is 0 Å². The Bertz CT molecular complexity index is 694. The topological polar surface area (TPSA) is 57.0 Å². The number of rotatable bonds is 1. The second kappa shape index (κ2) is 3.38. The van der Waals surface area contributed by atoms with Crippen molar-refractivity contribution in [2.75, 3.05) is 5.73 Å².